The summed E-state index contributed by atoms with van der Waals surface area (Å²) in [6, 6.07) is 0. The molecule has 0 saturated carbocycles. The molecule has 22 heteroatoms. The number of hydrogen-bond donors (Lipinski definition) is 1. The molecule has 0 aliphatic heterocycles. The molecule has 0 aromatic heterocycles. The summed E-state index contributed by atoms with van der Waals surface area (Å²) in [6.07, 6.45) is 0. The SMILES string of the molecule is O=S(=O)([O-])OOS(=O)(=O)[O-].O=S(=O)([O-])OOS(=O)(=O)[O-].[Ce+3].[NH4+]. The Hall–Kier alpha value is 0.817. The van der Waals surface area contributed by atoms with Gasteiger partial charge in [-0.15, -0.1) is 17.3 Å². The maximum atomic E-state index is 9.37. The Kier molecular flexibility index (Phi) is 15.9. The van der Waals surface area contributed by atoms with Gasteiger partial charge in [0.05, 0.1) is 0 Å². The molecule has 0 unspecified atom stereocenters. The van der Waals surface area contributed by atoms with Crippen LogP contribution in [0.1, 0.15) is 0 Å². The zero-order chi connectivity index (χ0) is 16.8. The van der Waals surface area contributed by atoms with Gasteiger partial charge < -0.3 is 24.4 Å². The summed E-state index contributed by atoms with van der Waals surface area (Å²) in [5.41, 5.74) is 0. The van der Waals surface area contributed by atoms with Crippen LogP contribution in [0.3, 0.4) is 0 Å². The quantitative estimate of drug-likeness (QED) is 0.145. The van der Waals surface area contributed by atoms with Crippen molar-refractivity contribution in [3.63, 3.8) is 0 Å². The smallest absolute Gasteiger partial charge is 0.724 e. The molecule has 0 saturated heterocycles. The first kappa shape index (κ1) is 30.7. The fourth-order valence-electron chi connectivity index (χ4n) is 0.136. The van der Waals surface area contributed by atoms with Crippen molar-refractivity contribution < 1.29 is 111 Å². The van der Waals surface area contributed by atoms with Crippen molar-refractivity contribution in [1.82, 2.24) is 6.15 Å². The molecule has 0 fully saturated rings. The third-order valence-electron chi connectivity index (χ3n) is 0.389. The van der Waals surface area contributed by atoms with Crippen LogP contribution in [0, 0.1) is 41.7 Å². The van der Waals surface area contributed by atoms with Crippen molar-refractivity contribution in [1.29, 1.82) is 0 Å². The Morgan fingerprint density at radius 2 is 0.545 bits per heavy atom. The van der Waals surface area contributed by atoms with Gasteiger partial charge in [0.25, 0.3) is 0 Å². The van der Waals surface area contributed by atoms with E-state index in [0.717, 1.165) is 0 Å². The molecule has 0 aromatic rings. The Morgan fingerprint density at radius 3 is 0.591 bits per heavy atom. The largest absolute Gasteiger partial charge is 3.00 e. The summed E-state index contributed by atoms with van der Waals surface area (Å²) < 4.78 is 123. The molecule has 0 rings (SSSR count). The van der Waals surface area contributed by atoms with Crippen LogP contribution in [0.2, 0.25) is 0 Å². The Labute approximate surface area is 157 Å². The van der Waals surface area contributed by atoms with Crippen molar-refractivity contribution in [3.05, 3.63) is 0 Å². The standard InChI is InChI=1S/Ce.H3N.2H2O8S2/c;;2*1-9(2,3)7-8-10(4,5)6/h;1H3;2*(H,1,2,3)(H,4,5,6)/q+3;;;/p-3. The predicted molar refractivity (Wildman–Crippen MR) is 49.1 cm³/mol. The summed E-state index contributed by atoms with van der Waals surface area (Å²) >= 11 is 0. The fraction of sp³-hybridized carbons (Fsp3) is 0. The molecule has 0 aliphatic rings. The van der Waals surface area contributed by atoms with Gasteiger partial charge in [-0.2, -0.15) is 0 Å². The average molecular weight is 542 g/mol. The predicted octanol–water partition coefficient (Wildman–Crippen LogP) is -3.91. The minimum Gasteiger partial charge on any atom is -0.724 e. The fourth-order valence-corrected chi connectivity index (χ4v) is 1.22. The van der Waals surface area contributed by atoms with Crippen LogP contribution in [0.4, 0.5) is 0 Å². The normalized spacial score (nSPS) is 12.2. The molecule has 0 aromatic carbocycles. The summed E-state index contributed by atoms with van der Waals surface area (Å²) in [5.74, 6) is 0. The van der Waals surface area contributed by atoms with E-state index in [4.69, 9.17) is 0 Å². The second kappa shape index (κ2) is 11.4. The molecular weight excluding hydrogens is 538 g/mol. The summed E-state index contributed by atoms with van der Waals surface area (Å²) in [5, 5.41) is 0. The minimum atomic E-state index is -5.31. The van der Waals surface area contributed by atoms with E-state index in [1.54, 1.807) is 0 Å². The molecule has 0 amide bonds. The van der Waals surface area contributed by atoms with E-state index in [-0.39, 0.29) is 47.9 Å². The molecule has 17 nitrogen and oxygen atoms in total. The van der Waals surface area contributed by atoms with Gasteiger partial charge in [0, 0.05) is 0 Å². The van der Waals surface area contributed by atoms with Gasteiger partial charge in [0.2, 0.25) is 41.6 Å². The summed E-state index contributed by atoms with van der Waals surface area (Å²) in [7, 11) is -21.2. The van der Waals surface area contributed by atoms with Gasteiger partial charge >= 0.3 is 41.7 Å². The van der Waals surface area contributed by atoms with Crippen molar-refractivity contribution in [2.45, 2.75) is 0 Å². The van der Waals surface area contributed by atoms with Crippen molar-refractivity contribution in [2.24, 2.45) is 0 Å². The molecule has 0 atom stereocenters. The van der Waals surface area contributed by atoms with Gasteiger partial charge in [0.1, 0.15) is 0 Å². The van der Waals surface area contributed by atoms with E-state index in [1.165, 1.54) is 0 Å². The molecular formula is H4CeNO16S4. The summed E-state index contributed by atoms with van der Waals surface area (Å²) in [6.45, 7) is 0. The number of hydrogen-bond acceptors (Lipinski definition) is 16. The van der Waals surface area contributed by atoms with E-state index in [1.807, 2.05) is 0 Å². The van der Waals surface area contributed by atoms with E-state index in [2.05, 4.69) is 17.3 Å². The van der Waals surface area contributed by atoms with Gasteiger partial charge in [0.15, 0.2) is 0 Å². The molecule has 22 heavy (non-hydrogen) atoms. The first-order valence-corrected chi connectivity index (χ1v) is 8.33. The minimum absolute atomic E-state index is 0. The summed E-state index contributed by atoms with van der Waals surface area (Å²) in [4.78, 5) is 0. The van der Waals surface area contributed by atoms with E-state index < -0.39 is 41.6 Å². The molecule has 0 aliphatic carbocycles. The van der Waals surface area contributed by atoms with Gasteiger partial charge in [-0.3, -0.25) is 0 Å². The maximum absolute atomic E-state index is 9.37. The van der Waals surface area contributed by atoms with E-state index >= 15 is 0 Å². The van der Waals surface area contributed by atoms with Crippen LogP contribution in [-0.4, -0.2) is 51.9 Å². The first-order chi connectivity index (χ1) is 8.41. The second-order valence-corrected chi connectivity index (χ2v) is 5.72. The zero-order valence-corrected chi connectivity index (χ0v) is 16.1. The monoisotopic (exact) mass is 542 g/mol. The zero-order valence-electron chi connectivity index (χ0n) is 9.66. The molecule has 0 bridgehead atoms. The number of rotatable bonds is 6. The Morgan fingerprint density at radius 1 is 0.455 bits per heavy atom. The van der Waals surface area contributed by atoms with Crippen LogP contribution < -0.4 is 6.15 Å². The average Bonchev–Trinajstić information content (AvgIpc) is 2.09. The van der Waals surface area contributed by atoms with Gasteiger partial charge in [-0.05, 0) is 0 Å². The molecule has 0 spiro atoms. The molecule has 1 radical (unpaired) electrons. The van der Waals surface area contributed by atoms with Gasteiger partial charge in [-0.1, -0.05) is 0 Å². The van der Waals surface area contributed by atoms with Crippen LogP contribution >= 0.6 is 0 Å². The van der Waals surface area contributed by atoms with Crippen molar-refractivity contribution in [3.8, 4) is 0 Å². The maximum Gasteiger partial charge on any atom is 3.00 e. The molecule has 133 valence electrons. The second-order valence-electron chi connectivity index (χ2n) is 1.91. The Bertz CT molecular complexity index is 562. The van der Waals surface area contributed by atoms with E-state index in [9.17, 15) is 51.9 Å². The topological polar surface area (TPSA) is 302 Å². The van der Waals surface area contributed by atoms with Crippen LogP contribution in [0.15, 0.2) is 0 Å². The van der Waals surface area contributed by atoms with Crippen molar-refractivity contribution >= 4 is 41.6 Å². The van der Waals surface area contributed by atoms with E-state index in [0.29, 0.717) is 0 Å². The van der Waals surface area contributed by atoms with Crippen LogP contribution in [0.5, 0.6) is 0 Å². The van der Waals surface area contributed by atoms with Crippen LogP contribution in [0.25, 0.3) is 0 Å². The van der Waals surface area contributed by atoms with Crippen molar-refractivity contribution in [2.75, 3.05) is 0 Å². The molecule has 4 N–H and O–H groups in total. The van der Waals surface area contributed by atoms with Crippen LogP contribution in [-0.2, 0) is 58.9 Å². The Balaban J connectivity index is -0.000000135. The van der Waals surface area contributed by atoms with Gasteiger partial charge in [-0.25, -0.2) is 33.7 Å². The third-order valence-corrected chi connectivity index (χ3v) is 1.50. The molecule has 0 heterocycles. The first-order valence-electron chi connectivity index (χ1n) is 3.00. The number of quaternary nitrogens is 1. The third kappa shape index (κ3) is 37.2.